The number of aromatic amines is 1. The van der Waals surface area contributed by atoms with Gasteiger partial charge in [-0.25, -0.2) is 19.2 Å². The number of thioether (sulfide) groups is 1. The van der Waals surface area contributed by atoms with E-state index in [1.807, 2.05) is 41.1 Å². The molecule has 1 N–H and O–H groups in total. The second-order valence-corrected chi connectivity index (χ2v) is 7.55. The van der Waals surface area contributed by atoms with Crippen LogP contribution >= 0.6 is 11.8 Å². The van der Waals surface area contributed by atoms with E-state index in [2.05, 4.69) is 15.2 Å². The van der Waals surface area contributed by atoms with Gasteiger partial charge in [0.05, 0.1) is 11.4 Å². The molecule has 138 valence electrons. The number of rotatable bonds is 5. The summed E-state index contributed by atoms with van der Waals surface area (Å²) in [6.07, 6.45) is 3.75. The molecule has 0 bridgehead atoms. The first-order valence-corrected chi connectivity index (χ1v) is 9.87. The fourth-order valence-electron chi connectivity index (χ4n) is 3.05. The molecule has 1 saturated carbocycles. The van der Waals surface area contributed by atoms with Gasteiger partial charge in [-0.3, -0.25) is 9.89 Å². The van der Waals surface area contributed by atoms with E-state index in [0.717, 1.165) is 24.4 Å². The van der Waals surface area contributed by atoms with Crippen LogP contribution < -0.4 is 5.56 Å². The molecule has 0 atom stereocenters. The third-order valence-corrected chi connectivity index (χ3v) is 5.45. The van der Waals surface area contributed by atoms with E-state index in [1.165, 1.54) is 28.5 Å². The Kier molecular flexibility index (Phi) is 3.98. The minimum atomic E-state index is -0.247. The summed E-state index contributed by atoms with van der Waals surface area (Å²) in [6.45, 7) is 0. The molecule has 9 heteroatoms. The van der Waals surface area contributed by atoms with Gasteiger partial charge in [-0.1, -0.05) is 30.0 Å². The highest BCUT2D eigenvalue weighted by Crippen LogP contribution is 2.40. The molecule has 5 rings (SSSR count). The Morgan fingerprint density at radius 3 is 2.82 bits per heavy atom. The minimum Gasteiger partial charge on any atom is -0.295 e. The lowest BCUT2D eigenvalue weighted by Gasteiger charge is -2.03. The summed E-state index contributed by atoms with van der Waals surface area (Å²) in [4.78, 5) is 21.4. The maximum absolute atomic E-state index is 12.2. The van der Waals surface area contributed by atoms with E-state index in [0.29, 0.717) is 33.7 Å². The number of H-pyrrole nitrogens is 1. The smallest absolute Gasteiger partial charge is 0.272 e. The van der Waals surface area contributed by atoms with E-state index >= 15 is 0 Å². The van der Waals surface area contributed by atoms with Gasteiger partial charge in [0.15, 0.2) is 5.65 Å². The number of aromatic nitrogens is 6. The lowest BCUT2D eigenvalue weighted by atomic mass is 10.3. The number of nitriles is 1. The first kappa shape index (κ1) is 16.8. The predicted octanol–water partition coefficient (Wildman–Crippen LogP) is 2.64. The number of hydrogen-bond donors (Lipinski definition) is 1. The van der Waals surface area contributed by atoms with Crippen molar-refractivity contribution in [1.29, 1.82) is 5.26 Å². The van der Waals surface area contributed by atoms with Gasteiger partial charge in [-0.05, 0) is 25.0 Å². The Morgan fingerprint density at radius 2 is 2.07 bits per heavy atom. The van der Waals surface area contributed by atoms with Gasteiger partial charge in [-0.2, -0.15) is 5.26 Å². The van der Waals surface area contributed by atoms with Crippen molar-refractivity contribution in [2.75, 3.05) is 0 Å². The molecule has 8 nitrogen and oxygen atoms in total. The summed E-state index contributed by atoms with van der Waals surface area (Å²) in [5.41, 5.74) is 2.02. The normalized spacial score (nSPS) is 13.7. The van der Waals surface area contributed by atoms with Gasteiger partial charge in [0.25, 0.3) is 5.56 Å². The average Bonchev–Trinajstić information content (AvgIpc) is 3.34. The third-order valence-electron chi connectivity index (χ3n) is 4.58. The number of nitrogens with zero attached hydrogens (tertiary/aromatic N) is 6. The Labute approximate surface area is 163 Å². The molecular weight excluding hydrogens is 374 g/mol. The molecule has 28 heavy (non-hydrogen) atoms. The summed E-state index contributed by atoms with van der Waals surface area (Å²) < 4.78 is 3.17. The topological polar surface area (TPSA) is 105 Å². The zero-order chi connectivity index (χ0) is 19.1. The van der Waals surface area contributed by atoms with Gasteiger partial charge in [0.1, 0.15) is 17.5 Å². The molecule has 1 fully saturated rings. The SMILES string of the molecule is N#Cc1c[nH]n2c(=O)cc(CSc3nc(C4CC4)n(-c4ccccc4)n3)nc12. The Morgan fingerprint density at radius 1 is 1.25 bits per heavy atom. The minimum absolute atomic E-state index is 0.247. The second kappa shape index (κ2) is 6.65. The molecule has 0 radical (unpaired) electrons. The quantitative estimate of drug-likeness (QED) is 0.526. The summed E-state index contributed by atoms with van der Waals surface area (Å²) >= 11 is 1.43. The van der Waals surface area contributed by atoms with Crippen LogP contribution in [-0.2, 0) is 5.75 Å². The monoisotopic (exact) mass is 389 g/mol. The first-order valence-electron chi connectivity index (χ1n) is 8.88. The summed E-state index contributed by atoms with van der Waals surface area (Å²) in [6, 6.07) is 13.5. The molecule has 3 heterocycles. The van der Waals surface area contributed by atoms with E-state index in [-0.39, 0.29) is 5.56 Å². The van der Waals surface area contributed by atoms with Crippen molar-refractivity contribution in [3.05, 3.63) is 70.0 Å². The van der Waals surface area contributed by atoms with E-state index in [4.69, 9.17) is 10.2 Å². The van der Waals surface area contributed by atoms with E-state index in [9.17, 15) is 4.79 Å². The van der Waals surface area contributed by atoms with Crippen LogP contribution in [0.4, 0.5) is 0 Å². The van der Waals surface area contributed by atoms with E-state index < -0.39 is 0 Å². The Balaban J connectivity index is 1.44. The first-order chi connectivity index (χ1) is 13.7. The summed E-state index contributed by atoms with van der Waals surface area (Å²) in [5, 5.41) is 17.2. The van der Waals surface area contributed by atoms with Crippen molar-refractivity contribution in [2.45, 2.75) is 29.7 Å². The lowest BCUT2D eigenvalue weighted by Crippen LogP contribution is -2.15. The van der Waals surface area contributed by atoms with Crippen LogP contribution in [0.15, 0.2) is 52.5 Å². The van der Waals surface area contributed by atoms with Crippen molar-refractivity contribution in [1.82, 2.24) is 29.4 Å². The van der Waals surface area contributed by atoms with Crippen LogP contribution in [0.1, 0.15) is 35.8 Å². The largest absolute Gasteiger partial charge is 0.295 e. The van der Waals surface area contributed by atoms with Crippen LogP contribution in [-0.4, -0.2) is 29.4 Å². The molecule has 3 aromatic heterocycles. The zero-order valence-corrected chi connectivity index (χ0v) is 15.6. The molecule has 0 aliphatic heterocycles. The summed E-state index contributed by atoms with van der Waals surface area (Å²) in [5.74, 6) is 1.89. The summed E-state index contributed by atoms with van der Waals surface area (Å²) in [7, 11) is 0. The standard InChI is InChI=1S/C19H15N7OS/c20-9-13-10-21-26-16(27)8-14(22-18(13)26)11-28-19-23-17(12-6-7-12)25(24-19)15-4-2-1-3-5-15/h1-5,8,10,12,21H,6-7,11H2. The van der Waals surface area contributed by atoms with Crippen molar-refractivity contribution >= 4 is 17.4 Å². The molecule has 0 amide bonds. The van der Waals surface area contributed by atoms with Gasteiger partial charge in [-0.15, -0.1) is 5.10 Å². The van der Waals surface area contributed by atoms with Crippen molar-refractivity contribution in [3.8, 4) is 11.8 Å². The van der Waals surface area contributed by atoms with Crippen LogP contribution in [0.5, 0.6) is 0 Å². The van der Waals surface area contributed by atoms with Crippen molar-refractivity contribution < 1.29 is 0 Å². The number of para-hydroxylation sites is 1. The van der Waals surface area contributed by atoms with Gasteiger partial charge in [0.2, 0.25) is 5.16 Å². The average molecular weight is 389 g/mol. The van der Waals surface area contributed by atoms with Gasteiger partial charge < -0.3 is 0 Å². The lowest BCUT2D eigenvalue weighted by molar-refractivity contribution is 0.782. The maximum atomic E-state index is 12.2. The molecule has 0 spiro atoms. The van der Waals surface area contributed by atoms with Crippen LogP contribution in [0, 0.1) is 11.3 Å². The molecule has 1 aliphatic carbocycles. The fraction of sp³-hybridized carbons (Fsp3) is 0.211. The highest BCUT2D eigenvalue weighted by atomic mass is 32.2. The fourth-order valence-corrected chi connectivity index (χ4v) is 3.78. The van der Waals surface area contributed by atoms with Crippen molar-refractivity contribution in [3.63, 3.8) is 0 Å². The molecular formula is C19H15N7OS. The number of nitrogens with one attached hydrogen (secondary N) is 1. The van der Waals surface area contributed by atoms with Crippen LogP contribution in [0.3, 0.4) is 0 Å². The highest BCUT2D eigenvalue weighted by Gasteiger charge is 2.30. The molecule has 0 saturated heterocycles. The maximum Gasteiger partial charge on any atom is 0.272 e. The molecule has 1 aromatic carbocycles. The number of benzene rings is 1. The third kappa shape index (κ3) is 2.97. The van der Waals surface area contributed by atoms with E-state index in [1.54, 1.807) is 0 Å². The highest BCUT2D eigenvalue weighted by molar-refractivity contribution is 7.98. The Bertz CT molecular complexity index is 1260. The zero-order valence-electron chi connectivity index (χ0n) is 14.7. The van der Waals surface area contributed by atoms with Crippen LogP contribution in [0.25, 0.3) is 11.3 Å². The predicted molar refractivity (Wildman–Crippen MR) is 103 cm³/mol. The van der Waals surface area contributed by atoms with Crippen LogP contribution in [0.2, 0.25) is 0 Å². The van der Waals surface area contributed by atoms with Crippen molar-refractivity contribution in [2.24, 2.45) is 0 Å². The number of fused-ring (bicyclic) bond motifs is 1. The van der Waals surface area contributed by atoms with Gasteiger partial charge in [0, 0.05) is 23.9 Å². The molecule has 1 aliphatic rings. The molecule has 4 aromatic rings. The second-order valence-electron chi connectivity index (χ2n) is 6.61. The molecule has 0 unspecified atom stereocenters. The van der Waals surface area contributed by atoms with Gasteiger partial charge >= 0.3 is 0 Å². The number of hydrogen-bond acceptors (Lipinski definition) is 6. The Hall–Kier alpha value is -3.38.